The van der Waals surface area contributed by atoms with E-state index < -0.39 is 0 Å². The van der Waals surface area contributed by atoms with Crippen LogP contribution < -0.4 is 15.8 Å². The van der Waals surface area contributed by atoms with Crippen LogP contribution in [0.25, 0.3) is 0 Å². The summed E-state index contributed by atoms with van der Waals surface area (Å²) in [6.07, 6.45) is 0. The summed E-state index contributed by atoms with van der Waals surface area (Å²) < 4.78 is 10.7. The fourth-order valence-corrected chi connectivity index (χ4v) is 2.36. The van der Waals surface area contributed by atoms with Gasteiger partial charge in [0.15, 0.2) is 0 Å². The van der Waals surface area contributed by atoms with Crippen molar-refractivity contribution < 1.29 is 9.26 Å². The van der Waals surface area contributed by atoms with E-state index in [1.54, 1.807) is 0 Å². The van der Waals surface area contributed by atoms with Crippen molar-refractivity contribution in [3.63, 3.8) is 0 Å². The number of para-hydroxylation sites is 1. The first-order valence-electron chi connectivity index (χ1n) is 6.75. The number of aromatic nitrogens is 1. The molecule has 0 amide bonds. The second kappa shape index (κ2) is 5.86. The fourth-order valence-electron chi connectivity index (χ4n) is 2.36. The highest BCUT2D eigenvalue weighted by Crippen LogP contribution is 2.33. The van der Waals surface area contributed by atoms with Gasteiger partial charge in [0.05, 0.1) is 29.7 Å². The van der Waals surface area contributed by atoms with E-state index >= 15 is 0 Å². The summed E-state index contributed by atoms with van der Waals surface area (Å²) in [5, 5.41) is 7.37. The SMILES string of the molecule is CCOc1cccc(NC(C)c2c(C)noc2C)c1N. The molecule has 5 nitrogen and oxygen atoms in total. The molecule has 1 heterocycles. The summed E-state index contributed by atoms with van der Waals surface area (Å²) in [5.74, 6) is 1.52. The van der Waals surface area contributed by atoms with Crippen LogP contribution >= 0.6 is 0 Å². The lowest BCUT2D eigenvalue weighted by Gasteiger charge is -2.18. The first-order valence-corrected chi connectivity index (χ1v) is 6.75. The summed E-state index contributed by atoms with van der Waals surface area (Å²) in [5.41, 5.74) is 9.54. The number of rotatable bonds is 5. The standard InChI is InChI=1S/C15H21N3O2/c1-5-19-13-8-6-7-12(15(13)16)17-9(2)14-10(3)18-20-11(14)4/h6-9,17H,5,16H2,1-4H3. The van der Waals surface area contributed by atoms with Crippen LogP contribution in [0, 0.1) is 13.8 Å². The molecule has 0 aliphatic carbocycles. The molecule has 2 rings (SSSR count). The molecule has 2 aromatic rings. The van der Waals surface area contributed by atoms with Gasteiger partial charge < -0.3 is 20.3 Å². The molecular formula is C15H21N3O2. The maximum Gasteiger partial charge on any atom is 0.144 e. The van der Waals surface area contributed by atoms with E-state index in [0.717, 1.165) is 22.7 Å². The summed E-state index contributed by atoms with van der Waals surface area (Å²) in [6, 6.07) is 5.78. The Morgan fingerprint density at radius 2 is 2.15 bits per heavy atom. The van der Waals surface area contributed by atoms with Gasteiger partial charge in [-0.25, -0.2) is 0 Å². The molecule has 108 valence electrons. The van der Waals surface area contributed by atoms with Crippen molar-refractivity contribution >= 4 is 11.4 Å². The Hall–Kier alpha value is -2.17. The lowest BCUT2D eigenvalue weighted by molar-refractivity contribution is 0.342. The Morgan fingerprint density at radius 3 is 2.75 bits per heavy atom. The number of anilines is 2. The molecule has 0 spiro atoms. The van der Waals surface area contributed by atoms with Gasteiger partial charge in [-0.15, -0.1) is 0 Å². The van der Waals surface area contributed by atoms with Crippen LogP contribution in [0.1, 0.15) is 36.9 Å². The summed E-state index contributed by atoms with van der Waals surface area (Å²) in [4.78, 5) is 0. The average Bonchev–Trinajstić information content (AvgIpc) is 2.74. The topological polar surface area (TPSA) is 73.3 Å². The lowest BCUT2D eigenvalue weighted by Crippen LogP contribution is -2.10. The fraction of sp³-hybridized carbons (Fsp3) is 0.400. The molecule has 1 unspecified atom stereocenters. The zero-order valence-electron chi connectivity index (χ0n) is 12.4. The number of benzene rings is 1. The van der Waals surface area contributed by atoms with Crippen molar-refractivity contribution in [3.05, 3.63) is 35.2 Å². The molecule has 20 heavy (non-hydrogen) atoms. The molecule has 1 aromatic carbocycles. The van der Waals surface area contributed by atoms with Crippen LogP contribution in [0.5, 0.6) is 5.75 Å². The van der Waals surface area contributed by atoms with Crippen LogP contribution in [-0.4, -0.2) is 11.8 Å². The predicted molar refractivity (Wildman–Crippen MR) is 80.0 cm³/mol. The number of hydrogen-bond acceptors (Lipinski definition) is 5. The van der Waals surface area contributed by atoms with Gasteiger partial charge in [-0.3, -0.25) is 0 Å². The minimum absolute atomic E-state index is 0.0560. The first-order chi connectivity index (χ1) is 9.54. The van der Waals surface area contributed by atoms with Crippen molar-refractivity contribution in [1.82, 2.24) is 5.16 Å². The highest BCUT2D eigenvalue weighted by molar-refractivity contribution is 5.73. The minimum atomic E-state index is 0.0560. The van der Waals surface area contributed by atoms with Crippen LogP contribution in [0.2, 0.25) is 0 Å². The molecule has 0 radical (unpaired) electrons. The van der Waals surface area contributed by atoms with E-state index in [0.29, 0.717) is 18.0 Å². The summed E-state index contributed by atoms with van der Waals surface area (Å²) in [6.45, 7) is 8.43. The smallest absolute Gasteiger partial charge is 0.144 e. The normalized spacial score (nSPS) is 12.2. The number of aryl methyl sites for hydroxylation is 2. The molecule has 1 atom stereocenters. The third-order valence-electron chi connectivity index (χ3n) is 3.26. The Balaban J connectivity index is 2.24. The lowest BCUT2D eigenvalue weighted by atomic mass is 10.1. The van der Waals surface area contributed by atoms with Gasteiger partial charge in [0.25, 0.3) is 0 Å². The summed E-state index contributed by atoms with van der Waals surface area (Å²) in [7, 11) is 0. The van der Waals surface area contributed by atoms with Gasteiger partial charge in [-0.1, -0.05) is 11.2 Å². The number of ether oxygens (including phenoxy) is 1. The van der Waals surface area contributed by atoms with Crippen LogP contribution in [0.4, 0.5) is 11.4 Å². The van der Waals surface area contributed by atoms with E-state index in [4.69, 9.17) is 15.0 Å². The van der Waals surface area contributed by atoms with E-state index in [2.05, 4.69) is 17.4 Å². The van der Waals surface area contributed by atoms with E-state index in [-0.39, 0.29) is 6.04 Å². The highest BCUT2D eigenvalue weighted by Gasteiger charge is 2.17. The molecular weight excluding hydrogens is 254 g/mol. The third kappa shape index (κ3) is 2.71. The largest absolute Gasteiger partial charge is 0.492 e. The third-order valence-corrected chi connectivity index (χ3v) is 3.26. The molecule has 0 bridgehead atoms. The van der Waals surface area contributed by atoms with Crippen LogP contribution in [0.3, 0.4) is 0 Å². The molecule has 5 heteroatoms. The molecule has 1 aromatic heterocycles. The van der Waals surface area contributed by atoms with Crippen molar-refractivity contribution in [2.75, 3.05) is 17.7 Å². The summed E-state index contributed by atoms with van der Waals surface area (Å²) >= 11 is 0. The Labute approximate surface area is 119 Å². The average molecular weight is 275 g/mol. The van der Waals surface area contributed by atoms with E-state index in [9.17, 15) is 0 Å². The number of nitrogen functional groups attached to an aromatic ring is 1. The van der Waals surface area contributed by atoms with Gasteiger partial charge >= 0.3 is 0 Å². The van der Waals surface area contributed by atoms with Gasteiger partial charge in [0, 0.05) is 5.56 Å². The van der Waals surface area contributed by atoms with Gasteiger partial charge in [0.1, 0.15) is 11.5 Å². The first kappa shape index (κ1) is 14.2. The second-order valence-corrected chi connectivity index (χ2v) is 4.75. The number of hydrogen-bond donors (Lipinski definition) is 2. The Morgan fingerprint density at radius 1 is 1.40 bits per heavy atom. The van der Waals surface area contributed by atoms with Crippen molar-refractivity contribution in [2.24, 2.45) is 0 Å². The Bertz CT molecular complexity index is 573. The van der Waals surface area contributed by atoms with Gasteiger partial charge in [-0.2, -0.15) is 0 Å². The van der Waals surface area contributed by atoms with Crippen molar-refractivity contribution in [1.29, 1.82) is 0 Å². The maximum absolute atomic E-state index is 6.12. The molecule has 0 aliphatic rings. The highest BCUT2D eigenvalue weighted by atomic mass is 16.5. The number of nitrogens with zero attached hydrogens (tertiary/aromatic N) is 1. The molecule has 0 saturated heterocycles. The monoisotopic (exact) mass is 275 g/mol. The quantitative estimate of drug-likeness (QED) is 0.818. The van der Waals surface area contributed by atoms with E-state index in [1.807, 2.05) is 39.0 Å². The van der Waals surface area contributed by atoms with Crippen molar-refractivity contribution in [3.8, 4) is 5.75 Å². The predicted octanol–water partition coefficient (Wildman–Crippen LogP) is 3.45. The zero-order chi connectivity index (χ0) is 14.7. The van der Waals surface area contributed by atoms with E-state index in [1.165, 1.54) is 0 Å². The number of nitrogens with one attached hydrogen (secondary N) is 1. The molecule has 0 saturated carbocycles. The Kier molecular flexibility index (Phi) is 4.17. The van der Waals surface area contributed by atoms with Crippen LogP contribution in [-0.2, 0) is 0 Å². The maximum atomic E-state index is 6.12. The molecule has 0 fully saturated rings. The number of nitrogens with two attached hydrogens (primary N) is 1. The second-order valence-electron chi connectivity index (χ2n) is 4.75. The zero-order valence-corrected chi connectivity index (χ0v) is 12.4. The van der Waals surface area contributed by atoms with Crippen LogP contribution in [0.15, 0.2) is 22.7 Å². The molecule has 3 N–H and O–H groups in total. The molecule has 0 aliphatic heterocycles. The van der Waals surface area contributed by atoms with Gasteiger partial charge in [-0.05, 0) is 39.8 Å². The van der Waals surface area contributed by atoms with Crippen molar-refractivity contribution in [2.45, 2.75) is 33.7 Å². The minimum Gasteiger partial charge on any atom is -0.492 e. The van der Waals surface area contributed by atoms with Gasteiger partial charge in [0.2, 0.25) is 0 Å².